The number of benzene rings is 2. The molecule has 0 spiro atoms. The zero-order chi connectivity index (χ0) is 21.0. The fourth-order valence-corrected chi connectivity index (χ4v) is 2.87. The molecule has 0 saturated heterocycles. The molecule has 0 unspecified atom stereocenters. The van der Waals surface area contributed by atoms with E-state index in [2.05, 4.69) is 5.10 Å². The van der Waals surface area contributed by atoms with Gasteiger partial charge >= 0.3 is 5.97 Å². The lowest BCUT2D eigenvalue weighted by Crippen LogP contribution is -2.21. The summed E-state index contributed by atoms with van der Waals surface area (Å²) in [5.74, 6) is -0.296. The van der Waals surface area contributed by atoms with Gasteiger partial charge in [0.2, 0.25) is 0 Å². The van der Waals surface area contributed by atoms with Crippen LogP contribution in [0.4, 0.5) is 5.69 Å². The lowest BCUT2D eigenvalue weighted by molar-refractivity contribution is -0.114. The number of carbonyl (C=O) groups excluding carboxylic acids is 2. The number of anilines is 1. The van der Waals surface area contributed by atoms with E-state index < -0.39 is 5.97 Å². The Morgan fingerprint density at radius 2 is 1.86 bits per heavy atom. The minimum absolute atomic E-state index is 0.0421. The Labute approximate surface area is 168 Å². The van der Waals surface area contributed by atoms with E-state index in [0.29, 0.717) is 47.1 Å². The van der Waals surface area contributed by atoms with Crippen molar-refractivity contribution in [2.45, 2.75) is 20.8 Å². The number of amides is 1. The number of aromatic hydroxyl groups is 1. The molecule has 1 amide bonds. The number of hydrazone groups is 1. The van der Waals surface area contributed by atoms with Crippen LogP contribution in [0.2, 0.25) is 0 Å². The number of hydrogen-bond acceptors (Lipinski definition) is 6. The van der Waals surface area contributed by atoms with Crippen molar-refractivity contribution in [3.05, 3.63) is 59.2 Å². The normalized spacial score (nSPS) is 14.9. The average Bonchev–Trinajstić information content (AvgIpc) is 2.99. The van der Waals surface area contributed by atoms with Crippen LogP contribution in [0.25, 0.3) is 6.08 Å². The summed E-state index contributed by atoms with van der Waals surface area (Å²) >= 11 is 0. The maximum absolute atomic E-state index is 12.9. The Morgan fingerprint density at radius 1 is 1.14 bits per heavy atom. The topological polar surface area (TPSA) is 88.4 Å². The fourth-order valence-electron chi connectivity index (χ4n) is 2.87. The molecule has 7 nitrogen and oxygen atoms in total. The first-order valence-electron chi connectivity index (χ1n) is 9.29. The van der Waals surface area contributed by atoms with Gasteiger partial charge in [-0.05, 0) is 68.8 Å². The summed E-state index contributed by atoms with van der Waals surface area (Å²) in [6.45, 7) is 6.03. The van der Waals surface area contributed by atoms with Crippen LogP contribution >= 0.6 is 0 Å². The van der Waals surface area contributed by atoms with Crippen LogP contribution in [0, 0.1) is 0 Å². The molecule has 0 bridgehead atoms. The van der Waals surface area contributed by atoms with Gasteiger partial charge in [0.05, 0.1) is 35.7 Å². The standard InChI is InChI=1S/C22H22N2O5/c1-4-28-20-13-15(6-11-19(20)25)12-18-14(3)23-24(21(18)26)17-9-7-16(8-10-17)22(27)29-5-2/h6-13,25H,4-5H2,1-3H3. The van der Waals surface area contributed by atoms with Crippen LogP contribution in [-0.4, -0.2) is 35.9 Å². The van der Waals surface area contributed by atoms with Gasteiger partial charge in [-0.3, -0.25) is 4.79 Å². The summed E-state index contributed by atoms with van der Waals surface area (Å²) in [5.41, 5.74) is 2.67. The van der Waals surface area contributed by atoms with Crippen molar-refractivity contribution in [3.63, 3.8) is 0 Å². The highest BCUT2D eigenvalue weighted by Crippen LogP contribution is 2.30. The van der Waals surface area contributed by atoms with Crippen molar-refractivity contribution in [1.29, 1.82) is 0 Å². The first-order chi connectivity index (χ1) is 13.9. The van der Waals surface area contributed by atoms with Crippen LogP contribution in [0.3, 0.4) is 0 Å². The van der Waals surface area contributed by atoms with Crippen molar-refractivity contribution >= 4 is 29.4 Å². The number of ether oxygens (including phenoxy) is 2. The van der Waals surface area contributed by atoms with E-state index in [0.717, 1.165) is 0 Å². The van der Waals surface area contributed by atoms with Crippen LogP contribution < -0.4 is 9.75 Å². The lowest BCUT2D eigenvalue weighted by Gasteiger charge is -2.12. The Bertz CT molecular complexity index is 993. The minimum Gasteiger partial charge on any atom is -0.504 e. The minimum atomic E-state index is -0.413. The molecular weight excluding hydrogens is 372 g/mol. The zero-order valence-electron chi connectivity index (χ0n) is 16.5. The summed E-state index contributed by atoms with van der Waals surface area (Å²) in [6, 6.07) is 11.4. The molecule has 0 aromatic heterocycles. The van der Waals surface area contributed by atoms with Gasteiger partial charge in [-0.1, -0.05) is 6.07 Å². The van der Waals surface area contributed by atoms with E-state index in [1.54, 1.807) is 56.3 Å². The number of nitrogens with zero attached hydrogens (tertiary/aromatic N) is 2. The van der Waals surface area contributed by atoms with E-state index in [1.165, 1.54) is 11.1 Å². The van der Waals surface area contributed by atoms with Gasteiger partial charge in [-0.2, -0.15) is 10.1 Å². The SMILES string of the molecule is CCOC(=O)c1ccc(N2N=C(C)C(=Cc3ccc(O)c(OCC)c3)C2=O)cc1. The predicted molar refractivity (Wildman–Crippen MR) is 110 cm³/mol. The number of carbonyl (C=O) groups is 2. The molecule has 0 fully saturated rings. The second kappa shape index (κ2) is 8.60. The number of rotatable bonds is 6. The van der Waals surface area contributed by atoms with Gasteiger partial charge in [0.25, 0.3) is 5.91 Å². The van der Waals surface area contributed by atoms with Crippen LogP contribution in [0.1, 0.15) is 36.7 Å². The lowest BCUT2D eigenvalue weighted by atomic mass is 10.1. The predicted octanol–water partition coefficient (Wildman–Crippen LogP) is 3.77. The first kappa shape index (κ1) is 20.1. The van der Waals surface area contributed by atoms with Crippen molar-refractivity contribution in [2.24, 2.45) is 5.10 Å². The van der Waals surface area contributed by atoms with E-state index in [9.17, 15) is 14.7 Å². The van der Waals surface area contributed by atoms with Gasteiger partial charge in [0, 0.05) is 0 Å². The smallest absolute Gasteiger partial charge is 0.338 e. The highest BCUT2D eigenvalue weighted by molar-refractivity contribution is 6.32. The molecule has 1 heterocycles. The van der Waals surface area contributed by atoms with Crippen LogP contribution in [-0.2, 0) is 9.53 Å². The fraction of sp³-hybridized carbons (Fsp3) is 0.227. The van der Waals surface area contributed by atoms with E-state index in [-0.39, 0.29) is 11.7 Å². The summed E-state index contributed by atoms with van der Waals surface area (Å²) in [7, 11) is 0. The van der Waals surface area contributed by atoms with Crippen molar-refractivity contribution < 1.29 is 24.2 Å². The number of esters is 1. The quantitative estimate of drug-likeness (QED) is 0.595. The highest BCUT2D eigenvalue weighted by Gasteiger charge is 2.28. The molecule has 3 rings (SSSR count). The van der Waals surface area contributed by atoms with Crippen molar-refractivity contribution in [1.82, 2.24) is 0 Å². The molecule has 29 heavy (non-hydrogen) atoms. The molecule has 0 atom stereocenters. The van der Waals surface area contributed by atoms with Gasteiger partial charge in [-0.15, -0.1) is 0 Å². The third kappa shape index (κ3) is 4.29. The van der Waals surface area contributed by atoms with Gasteiger partial charge < -0.3 is 14.6 Å². The molecule has 0 radical (unpaired) electrons. The molecule has 150 valence electrons. The summed E-state index contributed by atoms with van der Waals surface area (Å²) in [4.78, 5) is 24.7. The number of phenols is 1. The molecule has 7 heteroatoms. The Balaban J connectivity index is 1.84. The van der Waals surface area contributed by atoms with Crippen LogP contribution in [0.5, 0.6) is 11.5 Å². The third-order valence-electron chi connectivity index (χ3n) is 4.28. The van der Waals surface area contributed by atoms with Crippen molar-refractivity contribution in [3.8, 4) is 11.5 Å². The van der Waals surface area contributed by atoms with Gasteiger partial charge in [0.1, 0.15) is 0 Å². The molecule has 2 aromatic rings. The van der Waals surface area contributed by atoms with Crippen LogP contribution in [0.15, 0.2) is 53.1 Å². The number of phenolic OH excluding ortho intramolecular Hbond substituents is 1. The van der Waals surface area contributed by atoms with Gasteiger partial charge in [0.15, 0.2) is 11.5 Å². The first-order valence-corrected chi connectivity index (χ1v) is 9.29. The molecule has 0 saturated carbocycles. The monoisotopic (exact) mass is 394 g/mol. The molecule has 0 aliphatic carbocycles. The van der Waals surface area contributed by atoms with Crippen molar-refractivity contribution in [2.75, 3.05) is 18.2 Å². The van der Waals surface area contributed by atoms with E-state index in [4.69, 9.17) is 9.47 Å². The maximum atomic E-state index is 12.9. The molecule has 1 N–H and O–H groups in total. The Kier molecular flexibility index (Phi) is 5.97. The molecule has 2 aromatic carbocycles. The van der Waals surface area contributed by atoms with E-state index in [1.807, 2.05) is 6.92 Å². The average molecular weight is 394 g/mol. The summed E-state index contributed by atoms with van der Waals surface area (Å²) in [6.07, 6.45) is 1.70. The van der Waals surface area contributed by atoms with E-state index >= 15 is 0 Å². The zero-order valence-corrected chi connectivity index (χ0v) is 16.5. The Hall–Kier alpha value is -3.61. The third-order valence-corrected chi connectivity index (χ3v) is 4.28. The maximum Gasteiger partial charge on any atom is 0.338 e. The number of hydrogen-bond donors (Lipinski definition) is 1. The summed E-state index contributed by atoms with van der Waals surface area (Å²) < 4.78 is 10.4. The molecular formula is C22H22N2O5. The summed E-state index contributed by atoms with van der Waals surface area (Å²) in [5, 5.41) is 15.5. The second-order valence-electron chi connectivity index (χ2n) is 6.29. The molecule has 1 aliphatic heterocycles. The Morgan fingerprint density at radius 3 is 2.52 bits per heavy atom. The molecule has 1 aliphatic rings. The second-order valence-corrected chi connectivity index (χ2v) is 6.29. The van der Waals surface area contributed by atoms with Gasteiger partial charge in [-0.25, -0.2) is 4.79 Å². The largest absolute Gasteiger partial charge is 0.504 e. The highest BCUT2D eigenvalue weighted by atomic mass is 16.5.